The lowest BCUT2D eigenvalue weighted by Crippen LogP contribution is -2.25. The van der Waals surface area contributed by atoms with Gasteiger partial charge in [0.05, 0.1) is 0 Å². The van der Waals surface area contributed by atoms with E-state index in [-0.39, 0.29) is 11.7 Å². The van der Waals surface area contributed by atoms with Crippen LogP contribution in [-0.2, 0) is 6.42 Å². The summed E-state index contributed by atoms with van der Waals surface area (Å²) in [5.41, 5.74) is 3.42. The molecular weight excluding hydrogens is 261 g/mol. The molecule has 3 rings (SSSR count). The zero-order valence-corrected chi connectivity index (χ0v) is 12.5. The average molecular weight is 283 g/mol. The zero-order chi connectivity index (χ0) is 14.7. The van der Waals surface area contributed by atoms with E-state index in [9.17, 15) is 4.39 Å². The number of aryl methyl sites for hydroxylation is 1. The molecule has 21 heavy (non-hydrogen) atoms. The fraction of sp³-hybridized carbons (Fsp3) is 0.368. The number of hydrogen-bond acceptors (Lipinski definition) is 1. The van der Waals surface area contributed by atoms with E-state index in [0.717, 1.165) is 18.5 Å². The van der Waals surface area contributed by atoms with Gasteiger partial charge in [-0.3, -0.25) is 0 Å². The Morgan fingerprint density at radius 1 is 1.10 bits per heavy atom. The molecule has 0 saturated heterocycles. The van der Waals surface area contributed by atoms with Crippen LogP contribution in [0.2, 0.25) is 0 Å². The predicted octanol–water partition coefficient (Wildman–Crippen LogP) is 4.21. The van der Waals surface area contributed by atoms with E-state index in [1.165, 1.54) is 24.0 Å². The van der Waals surface area contributed by atoms with Gasteiger partial charge in [-0.15, -0.1) is 0 Å². The zero-order valence-electron chi connectivity index (χ0n) is 12.5. The van der Waals surface area contributed by atoms with Gasteiger partial charge in [-0.05, 0) is 48.9 Å². The van der Waals surface area contributed by atoms with Crippen LogP contribution in [0.5, 0.6) is 0 Å². The van der Waals surface area contributed by atoms with Crippen LogP contribution >= 0.6 is 0 Å². The van der Waals surface area contributed by atoms with Crippen molar-refractivity contribution >= 4 is 0 Å². The molecule has 1 saturated carbocycles. The first kappa shape index (κ1) is 14.3. The Morgan fingerprint density at radius 3 is 2.52 bits per heavy atom. The maximum absolute atomic E-state index is 14.2. The van der Waals surface area contributed by atoms with Crippen LogP contribution in [-0.4, -0.2) is 12.6 Å². The maximum atomic E-state index is 14.2. The molecule has 110 valence electrons. The molecule has 1 N–H and O–H groups in total. The number of nitrogens with one attached hydrogen (secondary N) is 1. The normalized spacial score (nSPS) is 15.9. The lowest BCUT2D eigenvalue weighted by atomic mass is 9.89. The lowest BCUT2D eigenvalue weighted by molar-refractivity contribution is 0.535. The van der Waals surface area contributed by atoms with Crippen LogP contribution in [0, 0.1) is 12.7 Å². The van der Waals surface area contributed by atoms with Crippen molar-refractivity contribution in [1.29, 1.82) is 0 Å². The third-order valence-corrected chi connectivity index (χ3v) is 4.30. The minimum absolute atomic E-state index is 0.0892. The Balaban J connectivity index is 1.81. The average Bonchev–Trinajstić information content (AvgIpc) is 3.30. The van der Waals surface area contributed by atoms with Crippen LogP contribution < -0.4 is 5.32 Å². The number of hydrogen-bond donors (Lipinski definition) is 1. The van der Waals surface area contributed by atoms with Crippen LogP contribution in [0.3, 0.4) is 0 Å². The number of rotatable bonds is 6. The Bertz CT molecular complexity index is 604. The first-order valence-electron chi connectivity index (χ1n) is 7.76. The van der Waals surface area contributed by atoms with E-state index in [4.69, 9.17) is 0 Å². The molecule has 0 aromatic heterocycles. The molecule has 2 aromatic carbocycles. The van der Waals surface area contributed by atoms with Crippen LogP contribution in [0.4, 0.5) is 4.39 Å². The summed E-state index contributed by atoms with van der Waals surface area (Å²) in [5.74, 6) is 0.0987. The largest absolute Gasteiger partial charge is 0.313 e. The van der Waals surface area contributed by atoms with Crippen molar-refractivity contribution in [2.24, 2.45) is 0 Å². The second-order valence-corrected chi connectivity index (χ2v) is 6.03. The Labute approximate surface area is 126 Å². The summed E-state index contributed by atoms with van der Waals surface area (Å²) in [4.78, 5) is 0. The van der Waals surface area contributed by atoms with Gasteiger partial charge >= 0.3 is 0 Å². The molecule has 2 aromatic rings. The van der Waals surface area contributed by atoms with Crippen molar-refractivity contribution in [2.75, 3.05) is 6.54 Å². The summed E-state index contributed by atoms with van der Waals surface area (Å²) in [6.45, 7) is 2.97. The Morgan fingerprint density at radius 2 is 1.81 bits per heavy atom. The third-order valence-electron chi connectivity index (χ3n) is 4.30. The summed E-state index contributed by atoms with van der Waals surface area (Å²) in [6.07, 6.45) is 3.40. The molecule has 0 bridgehead atoms. The Hall–Kier alpha value is -1.67. The summed E-state index contributed by atoms with van der Waals surface area (Å²) in [6, 6.07) is 16.2. The molecule has 1 unspecified atom stereocenters. The van der Waals surface area contributed by atoms with Crippen molar-refractivity contribution in [3.63, 3.8) is 0 Å². The standard InChI is InChI=1S/C19H22FN/c1-14-6-2-3-7-15(14)12-16(13-21-17-10-11-17)18-8-4-5-9-19(18)20/h2-9,16-17,21H,10-13H2,1H3. The molecule has 1 fully saturated rings. The van der Waals surface area contributed by atoms with Gasteiger partial charge in [0.15, 0.2) is 0 Å². The van der Waals surface area contributed by atoms with Gasteiger partial charge in [-0.2, -0.15) is 0 Å². The molecule has 2 heteroatoms. The van der Waals surface area contributed by atoms with Crippen molar-refractivity contribution in [2.45, 2.75) is 38.1 Å². The van der Waals surface area contributed by atoms with Gasteiger partial charge in [-0.1, -0.05) is 42.5 Å². The van der Waals surface area contributed by atoms with Gasteiger partial charge in [0.25, 0.3) is 0 Å². The third kappa shape index (κ3) is 3.70. The second kappa shape index (κ2) is 6.40. The predicted molar refractivity (Wildman–Crippen MR) is 85.0 cm³/mol. The van der Waals surface area contributed by atoms with Crippen molar-refractivity contribution in [1.82, 2.24) is 5.32 Å². The van der Waals surface area contributed by atoms with Crippen LogP contribution in [0.15, 0.2) is 48.5 Å². The minimum Gasteiger partial charge on any atom is -0.313 e. The quantitative estimate of drug-likeness (QED) is 0.837. The minimum atomic E-state index is -0.0892. The molecule has 0 heterocycles. The highest BCUT2D eigenvalue weighted by atomic mass is 19.1. The highest BCUT2D eigenvalue weighted by molar-refractivity contribution is 5.30. The van der Waals surface area contributed by atoms with Gasteiger partial charge in [0, 0.05) is 18.5 Å². The summed E-state index contributed by atoms with van der Waals surface area (Å²) >= 11 is 0. The number of benzene rings is 2. The number of halogens is 1. The molecule has 0 amide bonds. The molecular formula is C19H22FN. The highest BCUT2D eigenvalue weighted by Crippen LogP contribution is 2.26. The fourth-order valence-corrected chi connectivity index (χ4v) is 2.80. The van der Waals surface area contributed by atoms with Gasteiger partial charge in [0.2, 0.25) is 0 Å². The van der Waals surface area contributed by atoms with E-state index < -0.39 is 0 Å². The summed E-state index contributed by atoms with van der Waals surface area (Å²) in [7, 11) is 0. The van der Waals surface area contributed by atoms with Gasteiger partial charge in [-0.25, -0.2) is 4.39 Å². The van der Waals surface area contributed by atoms with Gasteiger partial charge < -0.3 is 5.32 Å². The van der Waals surface area contributed by atoms with E-state index in [1.807, 2.05) is 12.1 Å². The molecule has 0 radical (unpaired) electrons. The Kier molecular flexibility index (Phi) is 4.35. The lowest BCUT2D eigenvalue weighted by Gasteiger charge is -2.20. The highest BCUT2D eigenvalue weighted by Gasteiger charge is 2.24. The van der Waals surface area contributed by atoms with E-state index in [1.54, 1.807) is 12.1 Å². The van der Waals surface area contributed by atoms with Gasteiger partial charge in [0.1, 0.15) is 5.82 Å². The second-order valence-electron chi connectivity index (χ2n) is 6.03. The first-order chi connectivity index (χ1) is 10.2. The van der Waals surface area contributed by atoms with Crippen molar-refractivity contribution in [3.8, 4) is 0 Å². The summed E-state index contributed by atoms with van der Waals surface area (Å²) in [5, 5.41) is 3.56. The summed E-state index contributed by atoms with van der Waals surface area (Å²) < 4.78 is 14.2. The SMILES string of the molecule is Cc1ccccc1CC(CNC1CC1)c1ccccc1F. The molecule has 1 nitrogen and oxygen atoms in total. The molecule has 1 aliphatic rings. The smallest absolute Gasteiger partial charge is 0.126 e. The van der Waals surface area contributed by atoms with E-state index >= 15 is 0 Å². The fourth-order valence-electron chi connectivity index (χ4n) is 2.80. The molecule has 0 aliphatic heterocycles. The topological polar surface area (TPSA) is 12.0 Å². The van der Waals surface area contributed by atoms with Crippen molar-refractivity contribution in [3.05, 3.63) is 71.0 Å². The molecule has 1 atom stereocenters. The first-order valence-corrected chi connectivity index (χ1v) is 7.76. The van der Waals surface area contributed by atoms with E-state index in [0.29, 0.717) is 6.04 Å². The molecule has 0 spiro atoms. The van der Waals surface area contributed by atoms with Crippen molar-refractivity contribution < 1.29 is 4.39 Å². The maximum Gasteiger partial charge on any atom is 0.126 e. The molecule has 1 aliphatic carbocycles. The van der Waals surface area contributed by atoms with Crippen LogP contribution in [0.1, 0.15) is 35.4 Å². The van der Waals surface area contributed by atoms with E-state index in [2.05, 4.69) is 36.5 Å². The monoisotopic (exact) mass is 283 g/mol. The van der Waals surface area contributed by atoms with Crippen LogP contribution in [0.25, 0.3) is 0 Å².